The number of rotatable bonds is 14. The van der Waals surface area contributed by atoms with Crippen molar-refractivity contribution >= 4 is 0 Å². The summed E-state index contributed by atoms with van der Waals surface area (Å²) < 4.78 is 0. The summed E-state index contributed by atoms with van der Waals surface area (Å²) in [6.07, 6.45) is 21.1. The Morgan fingerprint density at radius 3 is 1.56 bits per heavy atom. The van der Waals surface area contributed by atoms with Gasteiger partial charge >= 0.3 is 0 Å². The number of hydrogen-bond acceptors (Lipinski definition) is 0. The Hall–Kier alpha value is 0. The molecule has 0 aliphatic carbocycles. The summed E-state index contributed by atoms with van der Waals surface area (Å²) in [4.78, 5) is 0. The van der Waals surface area contributed by atoms with Gasteiger partial charge in [-0.1, -0.05) is 104 Å². The average Bonchev–Trinajstić information content (AvgIpc) is 2.36. The minimum absolute atomic E-state index is 0.841. The first kappa shape index (κ1) is 18.0. The van der Waals surface area contributed by atoms with Crippen LogP contribution in [-0.4, -0.2) is 0 Å². The van der Waals surface area contributed by atoms with E-state index in [1.807, 2.05) is 0 Å². The maximum Gasteiger partial charge on any atom is -0.0360 e. The number of hydrogen-bond donors (Lipinski definition) is 0. The lowest BCUT2D eigenvalue weighted by atomic mass is 9.98. The zero-order chi connectivity index (χ0) is 13.5. The Labute approximate surface area is 117 Å². The maximum atomic E-state index is 2.45. The fraction of sp³-hybridized carbons (Fsp3) is 0.944. The second-order valence-corrected chi connectivity index (χ2v) is 5.95. The summed E-state index contributed by atoms with van der Waals surface area (Å²) in [7, 11) is 0. The minimum atomic E-state index is 0.841. The molecule has 0 spiro atoms. The molecule has 0 saturated carbocycles. The molecule has 0 nitrogen and oxygen atoms in total. The molecule has 0 aromatic rings. The van der Waals surface area contributed by atoms with Crippen molar-refractivity contribution in [3.63, 3.8) is 0 Å². The van der Waals surface area contributed by atoms with Crippen molar-refractivity contribution < 1.29 is 0 Å². The van der Waals surface area contributed by atoms with E-state index in [4.69, 9.17) is 0 Å². The SMILES string of the molecule is CC[CH]C(C)CCCCCCCCCCCCC. The molecule has 0 aliphatic heterocycles. The summed E-state index contributed by atoms with van der Waals surface area (Å²) >= 11 is 0. The molecule has 0 N–H and O–H groups in total. The van der Waals surface area contributed by atoms with Crippen molar-refractivity contribution in [1.29, 1.82) is 0 Å². The molecule has 0 aliphatic rings. The molecule has 0 saturated heterocycles. The second-order valence-electron chi connectivity index (χ2n) is 5.95. The Morgan fingerprint density at radius 2 is 1.11 bits per heavy atom. The second kappa shape index (κ2) is 15.1. The van der Waals surface area contributed by atoms with Gasteiger partial charge in [-0.25, -0.2) is 0 Å². The highest BCUT2D eigenvalue weighted by molar-refractivity contribution is 4.70. The summed E-state index contributed by atoms with van der Waals surface area (Å²) in [5, 5.41) is 0. The van der Waals surface area contributed by atoms with Crippen molar-refractivity contribution in [3.05, 3.63) is 6.42 Å². The van der Waals surface area contributed by atoms with Crippen LogP contribution in [0.3, 0.4) is 0 Å². The summed E-state index contributed by atoms with van der Waals surface area (Å²) in [5.74, 6) is 0.841. The van der Waals surface area contributed by atoms with Gasteiger partial charge in [-0.05, 0) is 12.3 Å². The third kappa shape index (κ3) is 14.1. The third-order valence-corrected chi connectivity index (χ3v) is 3.90. The zero-order valence-corrected chi connectivity index (χ0v) is 13.3. The van der Waals surface area contributed by atoms with Crippen LogP contribution in [0.4, 0.5) is 0 Å². The topological polar surface area (TPSA) is 0 Å². The maximum absolute atomic E-state index is 2.45. The molecule has 0 heteroatoms. The first-order chi connectivity index (χ1) is 8.81. The van der Waals surface area contributed by atoms with Crippen LogP contribution in [0.1, 0.15) is 104 Å². The molecule has 0 aromatic carbocycles. The summed E-state index contributed by atoms with van der Waals surface area (Å²) in [5.41, 5.74) is 0. The fourth-order valence-electron chi connectivity index (χ4n) is 2.65. The largest absolute Gasteiger partial charge is 0.0654 e. The molecular formula is C18H37. The van der Waals surface area contributed by atoms with E-state index in [9.17, 15) is 0 Å². The van der Waals surface area contributed by atoms with Crippen molar-refractivity contribution in [3.8, 4) is 0 Å². The Kier molecular flexibility index (Phi) is 15.1. The molecule has 1 unspecified atom stereocenters. The number of unbranched alkanes of at least 4 members (excludes halogenated alkanes) is 10. The van der Waals surface area contributed by atoms with E-state index >= 15 is 0 Å². The highest BCUT2D eigenvalue weighted by Gasteiger charge is 2.00. The first-order valence-electron chi connectivity index (χ1n) is 8.64. The van der Waals surface area contributed by atoms with Gasteiger partial charge in [0, 0.05) is 0 Å². The van der Waals surface area contributed by atoms with Crippen molar-refractivity contribution in [2.45, 2.75) is 104 Å². The molecule has 0 bridgehead atoms. The third-order valence-electron chi connectivity index (χ3n) is 3.90. The van der Waals surface area contributed by atoms with Gasteiger partial charge in [-0.3, -0.25) is 0 Å². The van der Waals surface area contributed by atoms with Gasteiger partial charge in [0.1, 0.15) is 0 Å². The molecule has 1 atom stereocenters. The summed E-state index contributed by atoms with van der Waals surface area (Å²) in [6, 6.07) is 0. The smallest absolute Gasteiger partial charge is 0.0360 e. The van der Waals surface area contributed by atoms with E-state index in [0.29, 0.717) is 0 Å². The molecule has 109 valence electrons. The van der Waals surface area contributed by atoms with Gasteiger partial charge in [0.2, 0.25) is 0 Å². The van der Waals surface area contributed by atoms with Crippen molar-refractivity contribution in [2.24, 2.45) is 5.92 Å². The molecule has 1 radical (unpaired) electrons. The van der Waals surface area contributed by atoms with Crippen molar-refractivity contribution in [1.82, 2.24) is 0 Å². The molecule has 0 heterocycles. The zero-order valence-electron chi connectivity index (χ0n) is 13.3. The lowest BCUT2D eigenvalue weighted by molar-refractivity contribution is 0.507. The van der Waals surface area contributed by atoms with E-state index in [2.05, 4.69) is 27.2 Å². The standard InChI is InChI=1S/C18H37/c1-4-6-7-8-9-10-11-12-13-14-15-17-18(3)16-5-2/h16,18H,4-15,17H2,1-3H3. The normalized spacial score (nSPS) is 12.8. The van der Waals surface area contributed by atoms with E-state index in [0.717, 1.165) is 5.92 Å². The quantitative estimate of drug-likeness (QED) is 0.294. The van der Waals surface area contributed by atoms with Crippen LogP contribution in [0.5, 0.6) is 0 Å². The van der Waals surface area contributed by atoms with E-state index < -0.39 is 0 Å². The van der Waals surface area contributed by atoms with Gasteiger partial charge in [0.25, 0.3) is 0 Å². The van der Waals surface area contributed by atoms with Crippen LogP contribution < -0.4 is 0 Å². The Balaban J connectivity index is 2.98. The first-order valence-corrected chi connectivity index (χ1v) is 8.64. The molecule has 0 amide bonds. The van der Waals surface area contributed by atoms with Crippen LogP contribution in [-0.2, 0) is 0 Å². The van der Waals surface area contributed by atoms with Gasteiger partial charge in [-0.15, -0.1) is 0 Å². The van der Waals surface area contributed by atoms with Crippen LogP contribution in [0.25, 0.3) is 0 Å². The van der Waals surface area contributed by atoms with E-state index in [1.165, 1.54) is 83.5 Å². The van der Waals surface area contributed by atoms with Gasteiger partial charge in [-0.2, -0.15) is 0 Å². The van der Waals surface area contributed by atoms with Crippen LogP contribution >= 0.6 is 0 Å². The van der Waals surface area contributed by atoms with Gasteiger partial charge in [0.15, 0.2) is 0 Å². The van der Waals surface area contributed by atoms with E-state index in [-0.39, 0.29) is 0 Å². The lowest BCUT2D eigenvalue weighted by Crippen LogP contribution is -1.94. The van der Waals surface area contributed by atoms with Crippen LogP contribution in [0.15, 0.2) is 0 Å². The Morgan fingerprint density at radius 1 is 0.667 bits per heavy atom. The highest BCUT2D eigenvalue weighted by Crippen LogP contribution is 2.16. The minimum Gasteiger partial charge on any atom is -0.0654 e. The van der Waals surface area contributed by atoms with Crippen LogP contribution in [0, 0.1) is 12.3 Å². The molecular weight excluding hydrogens is 216 g/mol. The van der Waals surface area contributed by atoms with Crippen molar-refractivity contribution in [2.75, 3.05) is 0 Å². The Bertz CT molecular complexity index is 139. The highest BCUT2D eigenvalue weighted by atomic mass is 14.1. The molecule has 18 heavy (non-hydrogen) atoms. The molecule has 0 aromatic heterocycles. The summed E-state index contributed by atoms with van der Waals surface area (Å²) in [6.45, 7) is 6.90. The molecule has 0 rings (SSSR count). The average molecular weight is 253 g/mol. The predicted octanol–water partition coefficient (Wildman–Crippen LogP) is 6.94. The monoisotopic (exact) mass is 253 g/mol. The predicted molar refractivity (Wildman–Crippen MR) is 84.8 cm³/mol. The lowest BCUT2D eigenvalue weighted by Gasteiger charge is -2.08. The van der Waals surface area contributed by atoms with Gasteiger partial charge < -0.3 is 0 Å². The van der Waals surface area contributed by atoms with Gasteiger partial charge in [0.05, 0.1) is 0 Å². The van der Waals surface area contributed by atoms with Crippen LogP contribution in [0.2, 0.25) is 0 Å². The van der Waals surface area contributed by atoms with E-state index in [1.54, 1.807) is 0 Å². The fourth-order valence-corrected chi connectivity index (χ4v) is 2.65. The molecule has 0 fully saturated rings.